The highest BCUT2D eigenvalue weighted by Crippen LogP contribution is 2.20. The number of ether oxygens (including phenoxy) is 1. The molecule has 0 unspecified atom stereocenters. The van der Waals surface area contributed by atoms with Gasteiger partial charge in [-0.3, -0.25) is 4.79 Å². The number of aromatic amines is 1. The molecule has 6 nitrogen and oxygen atoms in total. The molecule has 6 heteroatoms. The Hall–Kier alpha value is -4.06. The van der Waals surface area contributed by atoms with Crippen molar-refractivity contribution in [3.05, 3.63) is 96.2 Å². The van der Waals surface area contributed by atoms with E-state index in [1.807, 2.05) is 67.7 Å². The van der Waals surface area contributed by atoms with Crippen molar-refractivity contribution in [1.29, 1.82) is 0 Å². The van der Waals surface area contributed by atoms with Gasteiger partial charge in [0, 0.05) is 29.2 Å². The van der Waals surface area contributed by atoms with Crippen LogP contribution in [0, 0.1) is 6.92 Å². The molecule has 1 atom stereocenters. The molecule has 0 aliphatic rings. The second-order valence-electron chi connectivity index (χ2n) is 7.32. The third-order valence-electron chi connectivity index (χ3n) is 4.98. The normalized spacial score (nSPS) is 11.6. The summed E-state index contributed by atoms with van der Waals surface area (Å²) in [7, 11) is 0. The molecule has 31 heavy (non-hydrogen) atoms. The monoisotopic (exact) mass is 413 g/mol. The number of anilines is 1. The molecular formula is C25H23N3O3. The number of rotatable bonds is 6. The van der Waals surface area contributed by atoms with Crippen LogP contribution in [0.2, 0.25) is 0 Å². The van der Waals surface area contributed by atoms with Gasteiger partial charge in [0.05, 0.1) is 0 Å². The summed E-state index contributed by atoms with van der Waals surface area (Å²) in [5.74, 6) is 0.0870. The van der Waals surface area contributed by atoms with Crippen LogP contribution in [-0.4, -0.2) is 23.0 Å². The van der Waals surface area contributed by atoms with E-state index in [9.17, 15) is 9.59 Å². The lowest BCUT2D eigenvalue weighted by atomic mass is 10.0. The Labute approximate surface area is 180 Å². The molecule has 0 bridgehead atoms. The Kier molecular flexibility index (Phi) is 5.98. The fourth-order valence-corrected chi connectivity index (χ4v) is 3.36. The van der Waals surface area contributed by atoms with Crippen LogP contribution >= 0.6 is 0 Å². The van der Waals surface area contributed by atoms with Crippen molar-refractivity contribution in [1.82, 2.24) is 10.3 Å². The average molecular weight is 413 g/mol. The number of aromatic nitrogens is 1. The van der Waals surface area contributed by atoms with Crippen LogP contribution in [0.25, 0.3) is 10.9 Å². The van der Waals surface area contributed by atoms with Crippen LogP contribution in [0.5, 0.6) is 5.75 Å². The van der Waals surface area contributed by atoms with E-state index in [4.69, 9.17) is 4.74 Å². The number of fused-ring (bicyclic) bond motifs is 1. The first kappa shape index (κ1) is 20.2. The lowest BCUT2D eigenvalue weighted by Gasteiger charge is -2.18. The Balaban J connectivity index is 1.54. The molecule has 1 heterocycles. The SMILES string of the molecule is Cc1ccc(NC(=O)[C@@H](Cc2c[nH]c3ccccc23)NC(=O)Oc2ccccc2)cc1. The molecule has 4 aromatic rings. The standard InChI is InChI=1S/C25H23N3O3/c1-17-11-13-19(14-12-17)27-24(29)23(28-25(30)31-20-7-3-2-4-8-20)15-18-16-26-22-10-6-5-9-21(18)22/h2-14,16,23,26H,15H2,1H3,(H,27,29)(H,28,30)/t23-/m1/s1. The number of benzene rings is 3. The molecule has 156 valence electrons. The van der Waals surface area contributed by atoms with E-state index in [0.29, 0.717) is 17.9 Å². The van der Waals surface area contributed by atoms with Gasteiger partial charge in [0.15, 0.2) is 0 Å². The molecule has 0 spiro atoms. The number of amides is 2. The Morgan fingerprint density at radius 3 is 2.42 bits per heavy atom. The van der Waals surface area contributed by atoms with Crippen molar-refractivity contribution in [2.24, 2.45) is 0 Å². The van der Waals surface area contributed by atoms with Crippen molar-refractivity contribution in [2.45, 2.75) is 19.4 Å². The van der Waals surface area contributed by atoms with Crippen molar-refractivity contribution in [2.75, 3.05) is 5.32 Å². The largest absolute Gasteiger partial charge is 0.413 e. The smallest absolute Gasteiger partial charge is 0.410 e. The van der Waals surface area contributed by atoms with Crippen LogP contribution in [0.1, 0.15) is 11.1 Å². The summed E-state index contributed by atoms with van der Waals surface area (Å²) in [5.41, 5.74) is 3.66. The quantitative estimate of drug-likeness (QED) is 0.424. The molecule has 0 fully saturated rings. The lowest BCUT2D eigenvalue weighted by Crippen LogP contribution is -2.46. The van der Waals surface area contributed by atoms with Crippen LogP contribution in [0.15, 0.2) is 85.1 Å². The molecule has 0 aliphatic heterocycles. The van der Waals surface area contributed by atoms with Crippen molar-refractivity contribution in [3.8, 4) is 5.75 Å². The molecule has 4 rings (SSSR count). The Morgan fingerprint density at radius 1 is 0.935 bits per heavy atom. The summed E-state index contributed by atoms with van der Waals surface area (Å²) >= 11 is 0. The van der Waals surface area contributed by atoms with Gasteiger partial charge in [-0.15, -0.1) is 0 Å². The number of aryl methyl sites for hydroxylation is 1. The number of para-hydroxylation sites is 2. The minimum atomic E-state index is -0.822. The van der Waals surface area contributed by atoms with Crippen LogP contribution in [0.3, 0.4) is 0 Å². The summed E-state index contributed by atoms with van der Waals surface area (Å²) in [6.45, 7) is 1.98. The van der Waals surface area contributed by atoms with Gasteiger partial charge in [-0.2, -0.15) is 0 Å². The lowest BCUT2D eigenvalue weighted by molar-refractivity contribution is -0.118. The topological polar surface area (TPSA) is 83.2 Å². The molecule has 1 aromatic heterocycles. The predicted octanol–water partition coefficient (Wildman–Crippen LogP) is 4.81. The second kappa shape index (κ2) is 9.17. The fourth-order valence-electron chi connectivity index (χ4n) is 3.36. The van der Waals surface area contributed by atoms with Gasteiger partial charge in [0.1, 0.15) is 11.8 Å². The maximum Gasteiger partial charge on any atom is 0.413 e. The molecular weight excluding hydrogens is 390 g/mol. The maximum absolute atomic E-state index is 13.1. The summed E-state index contributed by atoms with van der Waals surface area (Å²) in [6.07, 6.45) is 1.49. The van der Waals surface area contributed by atoms with E-state index < -0.39 is 12.1 Å². The van der Waals surface area contributed by atoms with E-state index in [1.165, 1.54) is 0 Å². The molecule has 0 saturated heterocycles. The second-order valence-corrected chi connectivity index (χ2v) is 7.32. The van der Waals surface area contributed by atoms with E-state index in [2.05, 4.69) is 15.6 Å². The number of carbonyl (C=O) groups excluding carboxylic acids is 2. The number of carbonyl (C=O) groups is 2. The van der Waals surface area contributed by atoms with Gasteiger partial charge in [-0.25, -0.2) is 4.79 Å². The zero-order chi connectivity index (χ0) is 21.6. The summed E-state index contributed by atoms with van der Waals surface area (Å²) in [4.78, 5) is 28.8. The highest BCUT2D eigenvalue weighted by atomic mass is 16.6. The number of nitrogens with one attached hydrogen (secondary N) is 3. The van der Waals surface area contributed by atoms with Crippen LogP contribution < -0.4 is 15.4 Å². The molecule has 3 N–H and O–H groups in total. The first-order chi connectivity index (χ1) is 15.1. The van der Waals surface area contributed by atoms with Gasteiger partial charge in [0.25, 0.3) is 0 Å². The molecule has 2 amide bonds. The highest BCUT2D eigenvalue weighted by Gasteiger charge is 2.24. The van der Waals surface area contributed by atoms with Crippen molar-refractivity contribution >= 4 is 28.6 Å². The zero-order valence-electron chi connectivity index (χ0n) is 17.1. The molecule has 3 aromatic carbocycles. The first-order valence-electron chi connectivity index (χ1n) is 10.0. The number of hydrogen-bond acceptors (Lipinski definition) is 3. The van der Waals surface area contributed by atoms with Crippen LogP contribution in [0.4, 0.5) is 10.5 Å². The summed E-state index contributed by atoms with van der Waals surface area (Å²) in [6, 6.07) is 23.3. The summed E-state index contributed by atoms with van der Waals surface area (Å²) in [5, 5.41) is 6.60. The Morgan fingerprint density at radius 2 is 1.65 bits per heavy atom. The Bertz CT molecular complexity index is 1180. The minimum Gasteiger partial charge on any atom is -0.410 e. The van der Waals surface area contributed by atoms with Gasteiger partial charge in [0.2, 0.25) is 5.91 Å². The van der Waals surface area contributed by atoms with E-state index in [0.717, 1.165) is 22.0 Å². The van der Waals surface area contributed by atoms with Crippen LogP contribution in [-0.2, 0) is 11.2 Å². The van der Waals surface area contributed by atoms with E-state index in [1.54, 1.807) is 24.3 Å². The third-order valence-corrected chi connectivity index (χ3v) is 4.98. The minimum absolute atomic E-state index is 0.311. The van der Waals surface area contributed by atoms with Gasteiger partial charge >= 0.3 is 6.09 Å². The average Bonchev–Trinajstić information content (AvgIpc) is 3.18. The van der Waals surface area contributed by atoms with E-state index >= 15 is 0 Å². The number of hydrogen-bond donors (Lipinski definition) is 3. The molecule has 0 aliphatic carbocycles. The zero-order valence-corrected chi connectivity index (χ0v) is 17.1. The van der Waals surface area contributed by atoms with Gasteiger partial charge in [-0.1, -0.05) is 54.1 Å². The fraction of sp³-hybridized carbons (Fsp3) is 0.120. The summed E-state index contributed by atoms with van der Waals surface area (Å²) < 4.78 is 5.33. The van der Waals surface area contributed by atoms with Gasteiger partial charge in [-0.05, 0) is 42.8 Å². The molecule has 0 radical (unpaired) electrons. The third kappa shape index (κ3) is 5.11. The van der Waals surface area contributed by atoms with Gasteiger partial charge < -0.3 is 20.4 Å². The maximum atomic E-state index is 13.1. The first-order valence-corrected chi connectivity index (χ1v) is 10.0. The highest BCUT2D eigenvalue weighted by molar-refractivity contribution is 5.97. The van der Waals surface area contributed by atoms with Crippen molar-refractivity contribution in [3.63, 3.8) is 0 Å². The van der Waals surface area contributed by atoms with E-state index in [-0.39, 0.29) is 5.91 Å². The number of H-pyrrole nitrogens is 1. The molecule has 0 saturated carbocycles. The predicted molar refractivity (Wildman–Crippen MR) is 121 cm³/mol. The van der Waals surface area contributed by atoms with Crippen molar-refractivity contribution < 1.29 is 14.3 Å².